The van der Waals surface area contributed by atoms with Crippen LogP contribution in [-0.2, 0) is 4.79 Å². The summed E-state index contributed by atoms with van der Waals surface area (Å²) < 4.78 is 0. The highest BCUT2D eigenvalue weighted by Crippen LogP contribution is 2.20. The van der Waals surface area contributed by atoms with Gasteiger partial charge < -0.3 is 4.79 Å². The van der Waals surface area contributed by atoms with Crippen LogP contribution < -0.4 is 0 Å². The van der Waals surface area contributed by atoms with E-state index < -0.39 is 0 Å². The van der Waals surface area contributed by atoms with Crippen LogP contribution in [0.4, 0.5) is 0 Å². The summed E-state index contributed by atoms with van der Waals surface area (Å²) >= 11 is 0. The minimum absolute atomic E-state index is 0.627. The Hall–Kier alpha value is -1.63. The zero-order chi connectivity index (χ0) is 17.5. The third kappa shape index (κ3) is 12.6. The van der Waals surface area contributed by atoms with Gasteiger partial charge in [-0.3, -0.25) is 0 Å². The number of aldehydes is 1. The third-order valence-corrected chi connectivity index (χ3v) is 3.75. The Morgan fingerprint density at radius 2 is 2.04 bits per heavy atom. The van der Waals surface area contributed by atoms with Gasteiger partial charge in [0.05, 0.1) is 0 Å². The summed E-state index contributed by atoms with van der Waals surface area (Å²) in [5, 5.41) is 0. The Balaban J connectivity index is 0.00000149. The number of hydrogen-bond donors (Lipinski definition) is 0. The lowest BCUT2D eigenvalue weighted by atomic mass is 9.95. The van der Waals surface area contributed by atoms with Crippen LogP contribution >= 0.6 is 0 Å². The van der Waals surface area contributed by atoms with Gasteiger partial charge in [-0.25, -0.2) is 0 Å². The van der Waals surface area contributed by atoms with Gasteiger partial charge in [0.1, 0.15) is 6.29 Å². The molecule has 0 aromatic heterocycles. The molecule has 0 saturated heterocycles. The molecule has 0 spiro atoms. The van der Waals surface area contributed by atoms with Crippen molar-refractivity contribution in [1.29, 1.82) is 0 Å². The van der Waals surface area contributed by atoms with Crippen molar-refractivity contribution in [2.45, 2.75) is 60.3 Å². The van der Waals surface area contributed by atoms with Crippen molar-refractivity contribution in [3.05, 3.63) is 59.8 Å². The topological polar surface area (TPSA) is 17.1 Å². The highest BCUT2D eigenvalue weighted by molar-refractivity contribution is 5.44. The molecule has 0 aromatic carbocycles. The molecule has 1 nitrogen and oxygen atoms in total. The predicted octanol–water partition coefficient (Wildman–Crippen LogP) is 6.60. The van der Waals surface area contributed by atoms with E-state index in [1.54, 1.807) is 0 Å². The summed E-state index contributed by atoms with van der Waals surface area (Å²) in [5.74, 6) is 1.39. The number of carbonyl (C=O) groups excluding carboxylic acids is 1. The SMILES string of the molecule is C/C=C\C[C@H](C)CCC1=CC(C)=CC=CCC(C)C=C1.CC=O. The highest BCUT2D eigenvalue weighted by Gasteiger charge is 2.03. The van der Waals surface area contributed by atoms with E-state index in [0.717, 1.165) is 18.6 Å². The molecule has 1 unspecified atom stereocenters. The molecule has 0 bridgehead atoms. The molecule has 0 radical (unpaired) electrons. The average molecular weight is 315 g/mol. The van der Waals surface area contributed by atoms with Gasteiger partial charge in [-0.15, -0.1) is 0 Å². The Morgan fingerprint density at radius 1 is 1.35 bits per heavy atom. The monoisotopic (exact) mass is 314 g/mol. The molecular formula is C22H34O. The fourth-order valence-corrected chi connectivity index (χ4v) is 2.32. The Bertz CT molecular complexity index is 460. The minimum atomic E-state index is 0.627. The van der Waals surface area contributed by atoms with Crippen molar-refractivity contribution in [1.82, 2.24) is 0 Å². The molecule has 0 saturated carbocycles. The van der Waals surface area contributed by atoms with Gasteiger partial charge in [0.2, 0.25) is 0 Å². The van der Waals surface area contributed by atoms with Crippen LogP contribution in [-0.4, -0.2) is 6.29 Å². The molecule has 23 heavy (non-hydrogen) atoms. The lowest BCUT2D eigenvalue weighted by Crippen LogP contribution is -1.95. The molecule has 1 aliphatic rings. The van der Waals surface area contributed by atoms with Gasteiger partial charge in [-0.2, -0.15) is 0 Å². The van der Waals surface area contributed by atoms with E-state index >= 15 is 0 Å². The predicted molar refractivity (Wildman–Crippen MR) is 103 cm³/mol. The molecule has 0 heterocycles. The smallest absolute Gasteiger partial charge is 0.116 e. The van der Waals surface area contributed by atoms with Crippen LogP contribution in [0.1, 0.15) is 60.3 Å². The summed E-state index contributed by atoms with van der Waals surface area (Å²) in [5.41, 5.74) is 2.81. The van der Waals surface area contributed by atoms with Gasteiger partial charge in [0.15, 0.2) is 0 Å². The van der Waals surface area contributed by atoms with Crippen LogP contribution in [0, 0.1) is 11.8 Å². The van der Waals surface area contributed by atoms with Crippen molar-refractivity contribution in [3.8, 4) is 0 Å². The third-order valence-electron chi connectivity index (χ3n) is 3.75. The van der Waals surface area contributed by atoms with E-state index in [2.05, 4.69) is 76.3 Å². The standard InChI is InChI=1S/C20H30.C2H4O/c1-5-6-9-17(2)12-14-20-15-13-18(3)10-7-8-11-19(4)16-20;1-2-3/h5-8,11,13,15-18H,9-10,12,14H2,1-4H3;2H,1H3/b6-5-,8-7?,15-13?,19-11?,20-16?;/t17-,18?;/m0./s1. The molecule has 2 atom stereocenters. The highest BCUT2D eigenvalue weighted by atomic mass is 16.1. The molecular weight excluding hydrogens is 280 g/mol. The normalized spacial score (nSPS) is 19.4. The summed E-state index contributed by atoms with van der Waals surface area (Å²) in [7, 11) is 0. The number of rotatable bonds is 5. The van der Waals surface area contributed by atoms with Crippen molar-refractivity contribution < 1.29 is 4.79 Å². The molecule has 0 aliphatic heterocycles. The molecule has 0 aromatic rings. The first-order valence-electron chi connectivity index (χ1n) is 8.76. The molecule has 1 aliphatic carbocycles. The molecule has 1 rings (SSSR count). The Morgan fingerprint density at radius 3 is 2.70 bits per heavy atom. The molecule has 0 amide bonds. The van der Waals surface area contributed by atoms with E-state index in [9.17, 15) is 0 Å². The number of allylic oxidation sites excluding steroid dienone is 10. The fourth-order valence-electron chi connectivity index (χ4n) is 2.32. The summed E-state index contributed by atoms with van der Waals surface area (Å²) in [6, 6.07) is 0. The summed E-state index contributed by atoms with van der Waals surface area (Å²) in [6.45, 7) is 10.4. The van der Waals surface area contributed by atoms with E-state index in [-0.39, 0.29) is 0 Å². The second-order valence-corrected chi connectivity index (χ2v) is 6.31. The van der Waals surface area contributed by atoms with Gasteiger partial charge >= 0.3 is 0 Å². The van der Waals surface area contributed by atoms with Crippen molar-refractivity contribution >= 4 is 6.29 Å². The number of hydrogen-bond acceptors (Lipinski definition) is 1. The van der Waals surface area contributed by atoms with Gasteiger partial charge in [-0.1, -0.05) is 68.0 Å². The molecule has 1 heteroatoms. The molecule has 128 valence electrons. The van der Waals surface area contributed by atoms with Crippen LogP contribution in [0.25, 0.3) is 0 Å². The van der Waals surface area contributed by atoms with Gasteiger partial charge in [0.25, 0.3) is 0 Å². The van der Waals surface area contributed by atoms with E-state index in [1.165, 1.54) is 37.3 Å². The maximum Gasteiger partial charge on any atom is 0.116 e. The fraction of sp³-hybridized carbons (Fsp3) is 0.500. The second-order valence-electron chi connectivity index (χ2n) is 6.31. The van der Waals surface area contributed by atoms with E-state index in [1.807, 2.05) is 0 Å². The van der Waals surface area contributed by atoms with Gasteiger partial charge in [0, 0.05) is 0 Å². The largest absolute Gasteiger partial charge is 0.304 e. The lowest BCUT2D eigenvalue weighted by Gasteiger charge is -2.11. The van der Waals surface area contributed by atoms with Crippen molar-refractivity contribution in [2.24, 2.45) is 11.8 Å². The quantitative estimate of drug-likeness (QED) is 0.413. The summed E-state index contributed by atoms with van der Waals surface area (Å²) in [4.78, 5) is 8.81. The Labute approximate surface area is 143 Å². The molecule has 0 N–H and O–H groups in total. The first-order chi connectivity index (χ1) is 11.0. The number of carbonyl (C=O) groups is 1. The van der Waals surface area contributed by atoms with Crippen molar-refractivity contribution in [2.75, 3.05) is 0 Å². The van der Waals surface area contributed by atoms with Crippen LogP contribution in [0.15, 0.2) is 59.8 Å². The average Bonchev–Trinajstić information content (AvgIpc) is 2.52. The van der Waals surface area contributed by atoms with Gasteiger partial charge in [-0.05, 0) is 63.9 Å². The lowest BCUT2D eigenvalue weighted by molar-refractivity contribution is -0.106. The zero-order valence-corrected chi connectivity index (χ0v) is 15.6. The van der Waals surface area contributed by atoms with Crippen LogP contribution in [0.5, 0.6) is 0 Å². The van der Waals surface area contributed by atoms with E-state index in [0.29, 0.717) is 5.92 Å². The van der Waals surface area contributed by atoms with Crippen molar-refractivity contribution in [3.63, 3.8) is 0 Å². The van der Waals surface area contributed by atoms with E-state index in [4.69, 9.17) is 4.79 Å². The zero-order valence-electron chi connectivity index (χ0n) is 15.6. The maximum absolute atomic E-state index is 8.81. The maximum atomic E-state index is 8.81. The minimum Gasteiger partial charge on any atom is -0.304 e. The summed E-state index contributed by atoms with van der Waals surface area (Å²) in [6.07, 6.45) is 23.6. The van der Waals surface area contributed by atoms with Crippen LogP contribution in [0.2, 0.25) is 0 Å². The second kappa shape index (κ2) is 14.0. The Kier molecular flexibility index (Phi) is 13.0. The van der Waals surface area contributed by atoms with Crippen LogP contribution in [0.3, 0.4) is 0 Å². The first kappa shape index (κ1) is 21.4. The first-order valence-corrected chi connectivity index (χ1v) is 8.76. The molecule has 0 fully saturated rings.